The van der Waals surface area contributed by atoms with Gasteiger partial charge in [-0.3, -0.25) is 4.99 Å². The van der Waals surface area contributed by atoms with E-state index in [0.717, 1.165) is 50.8 Å². The van der Waals surface area contributed by atoms with E-state index in [4.69, 9.17) is 9.73 Å². The summed E-state index contributed by atoms with van der Waals surface area (Å²) >= 11 is 0. The van der Waals surface area contributed by atoms with Crippen LogP contribution in [0.4, 0.5) is 4.79 Å². The summed E-state index contributed by atoms with van der Waals surface area (Å²) in [6, 6.07) is 0.0647. The lowest BCUT2D eigenvalue weighted by molar-refractivity contribution is 0.147. The fourth-order valence-corrected chi connectivity index (χ4v) is 3.46. The van der Waals surface area contributed by atoms with E-state index in [1.165, 1.54) is 25.9 Å². The summed E-state index contributed by atoms with van der Waals surface area (Å²) < 4.78 is 5.01. The van der Waals surface area contributed by atoms with Gasteiger partial charge in [-0.25, -0.2) is 4.79 Å². The van der Waals surface area contributed by atoms with Crippen molar-refractivity contribution in [3.05, 3.63) is 0 Å². The van der Waals surface area contributed by atoms with Gasteiger partial charge in [0.05, 0.1) is 19.2 Å². The number of nitrogens with one attached hydrogen (secondary N) is 3. The molecule has 1 aliphatic heterocycles. The van der Waals surface area contributed by atoms with Crippen LogP contribution in [0.5, 0.6) is 0 Å². The van der Waals surface area contributed by atoms with Crippen LogP contribution >= 0.6 is 0 Å². The third kappa shape index (κ3) is 8.82. The van der Waals surface area contributed by atoms with Gasteiger partial charge in [0.15, 0.2) is 5.96 Å². The van der Waals surface area contributed by atoms with E-state index in [9.17, 15) is 4.79 Å². The summed E-state index contributed by atoms with van der Waals surface area (Å²) in [7, 11) is 0. The number of piperidine rings is 1. The zero-order chi connectivity index (χ0) is 19.5. The van der Waals surface area contributed by atoms with Gasteiger partial charge in [0.2, 0.25) is 0 Å². The number of aliphatic imine (C=N–C) groups is 1. The van der Waals surface area contributed by atoms with Crippen LogP contribution in [-0.2, 0) is 4.74 Å². The lowest BCUT2D eigenvalue weighted by Crippen LogP contribution is -2.42. The fraction of sp³-hybridized carbons (Fsp3) is 0.900. The molecule has 3 N–H and O–H groups in total. The Balaban J connectivity index is 1.71. The van der Waals surface area contributed by atoms with Crippen molar-refractivity contribution in [1.82, 2.24) is 20.9 Å². The van der Waals surface area contributed by atoms with Crippen LogP contribution in [0, 0.1) is 11.8 Å². The smallest absolute Gasteiger partial charge is 0.407 e. The number of carbonyl (C=O) groups is 1. The molecule has 1 atom stereocenters. The minimum atomic E-state index is -0.335. The Morgan fingerprint density at radius 3 is 2.56 bits per heavy atom. The maximum Gasteiger partial charge on any atom is 0.407 e. The van der Waals surface area contributed by atoms with Crippen LogP contribution in [0.25, 0.3) is 0 Å². The van der Waals surface area contributed by atoms with Crippen molar-refractivity contribution in [2.75, 3.05) is 45.9 Å². The monoisotopic (exact) mass is 381 g/mol. The minimum Gasteiger partial charge on any atom is -0.450 e. The number of guanidine groups is 1. The molecule has 1 amide bonds. The van der Waals surface area contributed by atoms with E-state index in [2.05, 4.69) is 34.7 Å². The Bertz CT molecular complexity index is 459. The number of hydrogen-bond donors (Lipinski definition) is 3. The van der Waals surface area contributed by atoms with E-state index < -0.39 is 0 Å². The molecule has 1 saturated carbocycles. The molecular weight excluding hydrogens is 342 g/mol. The Hall–Kier alpha value is -1.50. The molecule has 0 aromatic rings. The first-order valence-corrected chi connectivity index (χ1v) is 10.8. The van der Waals surface area contributed by atoms with Gasteiger partial charge < -0.3 is 25.6 Å². The van der Waals surface area contributed by atoms with Crippen molar-refractivity contribution in [2.45, 2.75) is 58.9 Å². The summed E-state index contributed by atoms with van der Waals surface area (Å²) in [4.78, 5) is 19.0. The van der Waals surface area contributed by atoms with Crippen molar-refractivity contribution in [2.24, 2.45) is 16.8 Å². The van der Waals surface area contributed by atoms with Gasteiger partial charge in [-0.15, -0.1) is 0 Å². The first-order valence-electron chi connectivity index (χ1n) is 10.8. The van der Waals surface area contributed by atoms with E-state index in [1.54, 1.807) is 0 Å². The summed E-state index contributed by atoms with van der Waals surface area (Å²) in [5.41, 5.74) is 0. The lowest BCUT2D eigenvalue weighted by atomic mass is 9.99. The maximum absolute atomic E-state index is 11.7. The largest absolute Gasteiger partial charge is 0.450 e. The van der Waals surface area contributed by atoms with Crippen LogP contribution in [0.2, 0.25) is 0 Å². The Morgan fingerprint density at radius 2 is 1.93 bits per heavy atom. The van der Waals surface area contributed by atoms with Crippen LogP contribution in [-0.4, -0.2) is 68.9 Å². The summed E-state index contributed by atoms with van der Waals surface area (Å²) in [6.45, 7) is 12.6. The predicted molar refractivity (Wildman–Crippen MR) is 110 cm³/mol. The van der Waals surface area contributed by atoms with Gasteiger partial charge in [-0.1, -0.05) is 6.92 Å². The average Bonchev–Trinajstić information content (AvgIpc) is 3.48. The molecule has 1 heterocycles. The first kappa shape index (κ1) is 21.8. The van der Waals surface area contributed by atoms with Gasteiger partial charge in [-0.2, -0.15) is 0 Å². The highest BCUT2D eigenvalue weighted by Crippen LogP contribution is 2.32. The van der Waals surface area contributed by atoms with Crippen molar-refractivity contribution < 1.29 is 9.53 Å². The molecule has 27 heavy (non-hydrogen) atoms. The SMILES string of the molecule is CCNC(=NCC(NC(=O)OCC)C1CC1)NCCCN1CCC(C)CC1. The number of carbonyl (C=O) groups excluding carboxylic acids is 1. The zero-order valence-corrected chi connectivity index (χ0v) is 17.4. The minimum absolute atomic E-state index is 0.0647. The molecule has 2 rings (SSSR count). The number of nitrogens with zero attached hydrogens (tertiary/aromatic N) is 2. The molecule has 7 nitrogen and oxygen atoms in total. The molecule has 156 valence electrons. The average molecular weight is 382 g/mol. The number of likely N-dealkylation sites (tertiary alicyclic amines) is 1. The number of rotatable bonds is 10. The maximum atomic E-state index is 11.7. The quantitative estimate of drug-likeness (QED) is 0.307. The molecule has 0 aromatic heterocycles. The molecule has 0 bridgehead atoms. The fourth-order valence-electron chi connectivity index (χ4n) is 3.46. The molecule has 1 unspecified atom stereocenters. The second-order valence-electron chi connectivity index (χ2n) is 7.83. The molecule has 0 aromatic carbocycles. The van der Waals surface area contributed by atoms with Crippen molar-refractivity contribution in [3.8, 4) is 0 Å². The van der Waals surface area contributed by atoms with Gasteiger partial charge in [-0.05, 0) is 77.4 Å². The van der Waals surface area contributed by atoms with Gasteiger partial charge >= 0.3 is 6.09 Å². The Kier molecular flexibility index (Phi) is 9.73. The highest BCUT2D eigenvalue weighted by molar-refractivity contribution is 5.79. The summed E-state index contributed by atoms with van der Waals surface area (Å²) in [5, 5.41) is 9.69. The van der Waals surface area contributed by atoms with Crippen LogP contribution in [0.15, 0.2) is 4.99 Å². The van der Waals surface area contributed by atoms with Crippen LogP contribution in [0.1, 0.15) is 52.9 Å². The number of hydrogen-bond acceptors (Lipinski definition) is 4. The molecule has 0 spiro atoms. The highest BCUT2D eigenvalue weighted by atomic mass is 16.5. The molecule has 2 fully saturated rings. The molecule has 0 radical (unpaired) electrons. The first-order chi connectivity index (χ1) is 13.1. The molecule has 1 saturated heterocycles. The van der Waals surface area contributed by atoms with E-state index in [-0.39, 0.29) is 12.1 Å². The standard InChI is InChI=1S/C20H39N5O2/c1-4-21-19(22-11-6-12-25-13-9-16(3)10-14-25)23-15-18(17-7-8-17)24-20(26)27-5-2/h16-18H,4-15H2,1-3H3,(H,24,26)(H2,21,22,23). The van der Waals surface area contributed by atoms with E-state index in [1.807, 2.05) is 6.92 Å². The number of alkyl carbamates (subject to hydrolysis) is 1. The topological polar surface area (TPSA) is 78.0 Å². The predicted octanol–water partition coefficient (Wildman–Crippen LogP) is 2.19. The highest BCUT2D eigenvalue weighted by Gasteiger charge is 2.32. The van der Waals surface area contributed by atoms with E-state index in [0.29, 0.717) is 19.1 Å². The Labute approximate surface area is 164 Å². The van der Waals surface area contributed by atoms with Gasteiger partial charge in [0, 0.05) is 13.1 Å². The third-order valence-electron chi connectivity index (χ3n) is 5.38. The second-order valence-corrected chi connectivity index (χ2v) is 7.83. The second kappa shape index (κ2) is 12.1. The number of amides is 1. The van der Waals surface area contributed by atoms with Gasteiger partial charge in [0.1, 0.15) is 0 Å². The molecule has 1 aliphatic carbocycles. The molecule has 2 aliphatic rings. The molecule has 7 heteroatoms. The van der Waals surface area contributed by atoms with Crippen LogP contribution < -0.4 is 16.0 Å². The van der Waals surface area contributed by atoms with Crippen molar-refractivity contribution in [1.29, 1.82) is 0 Å². The zero-order valence-electron chi connectivity index (χ0n) is 17.4. The van der Waals surface area contributed by atoms with Crippen molar-refractivity contribution in [3.63, 3.8) is 0 Å². The summed E-state index contributed by atoms with van der Waals surface area (Å²) in [5.74, 6) is 2.25. The van der Waals surface area contributed by atoms with Gasteiger partial charge in [0.25, 0.3) is 0 Å². The Morgan fingerprint density at radius 1 is 1.19 bits per heavy atom. The number of ether oxygens (including phenoxy) is 1. The summed E-state index contributed by atoms with van der Waals surface area (Å²) in [6.07, 6.45) is 5.75. The lowest BCUT2D eigenvalue weighted by Gasteiger charge is -2.30. The van der Waals surface area contributed by atoms with Crippen molar-refractivity contribution >= 4 is 12.1 Å². The van der Waals surface area contributed by atoms with E-state index >= 15 is 0 Å². The molecular formula is C20H39N5O2. The third-order valence-corrected chi connectivity index (χ3v) is 5.38. The normalized spacial score (nSPS) is 20.2. The van der Waals surface area contributed by atoms with Crippen LogP contribution in [0.3, 0.4) is 0 Å².